The first kappa shape index (κ1) is 19.0. The maximum absolute atomic E-state index is 11.0. The lowest BCUT2D eigenvalue weighted by molar-refractivity contribution is -0.137. The van der Waals surface area contributed by atoms with Crippen LogP contribution in [0.15, 0.2) is 30.3 Å². The van der Waals surface area contributed by atoms with Crippen LogP contribution in [0.25, 0.3) is 0 Å². The van der Waals surface area contributed by atoms with Gasteiger partial charge >= 0.3 is 5.97 Å². The van der Waals surface area contributed by atoms with Gasteiger partial charge in [-0.15, -0.1) is 0 Å². The minimum atomic E-state index is -1.12. The number of carbonyl (C=O) groups is 1. The topological polar surface area (TPSA) is 153 Å². The summed E-state index contributed by atoms with van der Waals surface area (Å²) in [5.74, 6) is -1.62. The van der Waals surface area contributed by atoms with Crippen LogP contribution < -0.4 is 10.5 Å². The highest BCUT2D eigenvalue weighted by molar-refractivity contribution is 7.99. The van der Waals surface area contributed by atoms with E-state index in [9.17, 15) is 25.2 Å². The van der Waals surface area contributed by atoms with Crippen molar-refractivity contribution in [1.82, 2.24) is 0 Å². The van der Waals surface area contributed by atoms with Crippen LogP contribution in [0.2, 0.25) is 0 Å². The quantitative estimate of drug-likeness (QED) is 0.420. The molecule has 0 spiro atoms. The smallest absolute Gasteiger partial charge is 0.321 e. The number of rotatable bonds is 5. The average molecular weight is 393 g/mol. The first-order valence-corrected chi connectivity index (χ1v) is 9.15. The number of carboxylic acids is 1. The first-order valence-electron chi connectivity index (χ1n) is 8.10. The third-order valence-corrected chi connectivity index (χ3v) is 5.67. The standard InChI is InChI=1S/C18H19NO7S/c19-10(18(24)25)7-27-16-6-14(8-1-2-11(21)12(22)3-8)26-15-5-9(20)4-13(23)17(15)16/h1-5,10,14,16,20-23H,6-7,19H2,(H,24,25)/t10-,14-,16-/m0/s1. The molecule has 2 aromatic carbocycles. The van der Waals surface area contributed by atoms with Gasteiger partial charge in [-0.1, -0.05) is 6.07 Å². The van der Waals surface area contributed by atoms with Crippen molar-refractivity contribution < 1.29 is 35.1 Å². The van der Waals surface area contributed by atoms with Crippen LogP contribution in [-0.4, -0.2) is 43.3 Å². The number of benzene rings is 2. The summed E-state index contributed by atoms with van der Waals surface area (Å²) >= 11 is 1.26. The number of hydrogen-bond acceptors (Lipinski definition) is 8. The Hall–Kier alpha value is -2.78. The number of fused-ring (bicyclic) bond motifs is 1. The zero-order valence-corrected chi connectivity index (χ0v) is 14.9. The molecule has 8 nitrogen and oxygen atoms in total. The lowest BCUT2D eigenvalue weighted by atomic mass is 9.96. The van der Waals surface area contributed by atoms with E-state index in [1.54, 1.807) is 6.07 Å². The largest absolute Gasteiger partial charge is 0.508 e. The molecule has 0 bridgehead atoms. The van der Waals surface area contributed by atoms with Gasteiger partial charge in [-0.05, 0) is 17.7 Å². The second-order valence-corrected chi connectivity index (χ2v) is 7.47. The van der Waals surface area contributed by atoms with Crippen LogP contribution in [0.4, 0.5) is 0 Å². The molecule has 7 N–H and O–H groups in total. The van der Waals surface area contributed by atoms with Gasteiger partial charge in [0.2, 0.25) is 0 Å². The average Bonchev–Trinajstić information content (AvgIpc) is 2.60. The van der Waals surface area contributed by atoms with Crippen molar-refractivity contribution in [3.05, 3.63) is 41.5 Å². The van der Waals surface area contributed by atoms with Gasteiger partial charge in [0.15, 0.2) is 11.5 Å². The molecule has 0 aromatic heterocycles. The number of thioether (sulfide) groups is 1. The number of hydrogen-bond donors (Lipinski definition) is 6. The SMILES string of the molecule is N[C@@H](CS[C@H]1C[C@@H](c2ccc(O)c(O)c2)Oc2cc(O)cc(O)c21)C(=O)O. The molecular formula is C18H19NO7S. The van der Waals surface area contributed by atoms with Crippen molar-refractivity contribution in [1.29, 1.82) is 0 Å². The molecule has 3 rings (SSSR count). The molecule has 27 heavy (non-hydrogen) atoms. The van der Waals surface area contributed by atoms with Crippen molar-refractivity contribution in [2.45, 2.75) is 23.8 Å². The van der Waals surface area contributed by atoms with E-state index in [-0.39, 0.29) is 39.8 Å². The van der Waals surface area contributed by atoms with E-state index in [0.29, 0.717) is 17.5 Å². The highest BCUT2D eigenvalue weighted by atomic mass is 32.2. The van der Waals surface area contributed by atoms with Crippen LogP contribution in [0, 0.1) is 0 Å². The fourth-order valence-corrected chi connectivity index (χ4v) is 4.22. The van der Waals surface area contributed by atoms with Gasteiger partial charge < -0.3 is 36.0 Å². The fourth-order valence-electron chi connectivity index (χ4n) is 2.92. The van der Waals surface area contributed by atoms with Crippen molar-refractivity contribution in [2.24, 2.45) is 5.73 Å². The summed E-state index contributed by atoms with van der Waals surface area (Å²) in [5, 5.41) is 47.9. The Balaban J connectivity index is 1.94. The molecule has 0 aliphatic carbocycles. The summed E-state index contributed by atoms with van der Waals surface area (Å²) in [6.07, 6.45) is -0.171. The number of aromatic hydroxyl groups is 4. The summed E-state index contributed by atoms with van der Waals surface area (Å²) in [7, 11) is 0. The van der Waals surface area contributed by atoms with E-state index < -0.39 is 18.1 Å². The maximum atomic E-state index is 11.0. The highest BCUT2D eigenvalue weighted by Crippen LogP contribution is 2.52. The molecule has 0 unspecified atom stereocenters. The molecule has 9 heteroatoms. The summed E-state index contributed by atoms with van der Waals surface area (Å²) in [6.45, 7) is 0. The summed E-state index contributed by atoms with van der Waals surface area (Å²) in [4.78, 5) is 11.0. The molecule has 2 aromatic rings. The van der Waals surface area contributed by atoms with Gasteiger partial charge in [0.1, 0.15) is 29.4 Å². The third kappa shape index (κ3) is 3.99. The zero-order valence-electron chi connectivity index (χ0n) is 14.1. The maximum Gasteiger partial charge on any atom is 0.321 e. The molecule has 0 amide bonds. The molecular weight excluding hydrogens is 374 g/mol. The van der Waals surface area contributed by atoms with E-state index in [4.69, 9.17) is 15.6 Å². The minimum Gasteiger partial charge on any atom is -0.508 e. The van der Waals surface area contributed by atoms with Crippen LogP contribution >= 0.6 is 11.8 Å². The van der Waals surface area contributed by atoms with E-state index in [2.05, 4.69) is 0 Å². The van der Waals surface area contributed by atoms with E-state index in [1.807, 2.05) is 0 Å². The molecule has 1 heterocycles. The van der Waals surface area contributed by atoms with Crippen LogP contribution in [0.5, 0.6) is 28.7 Å². The second-order valence-electron chi connectivity index (χ2n) is 6.23. The number of nitrogens with two attached hydrogens (primary N) is 1. The Bertz CT molecular complexity index is 873. The van der Waals surface area contributed by atoms with E-state index in [1.165, 1.54) is 36.0 Å². The van der Waals surface area contributed by atoms with Gasteiger partial charge in [0.25, 0.3) is 0 Å². The predicted molar refractivity (Wildman–Crippen MR) is 98.3 cm³/mol. The summed E-state index contributed by atoms with van der Waals surface area (Å²) < 4.78 is 5.89. The molecule has 3 atom stereocenters. The lowest BCUT2D eigenvalue weighted by Gasteiger charge is -2.33. The van der Waals surface area contributed by atoms with Crippen LogP contribution in [-0.2, 0) is 4.79 Å². The Morgan fingerprint density at radius 2 is 1.89 bits per heavy atom. The molecule has 1 aliphatic rings. The second kappa shape index (κ2) is 7.45. The van der Waals surface area contributed by atoms with Gasteiger partial charge in [-0.3, -0.25) is 4.79 Å². The van der Waals surface area contributed by atoms with Crippen molar-refractivity contribution >= 4 is 17.7 Å². The molecule has 0 saturated heterocycles. The van der Waals surface area contributed by atoms with E-state index in [0.717, 1.165) is 0 Å². The van der Waals surface area contributed by atoms with E-state index >= 15 is 0 Å². The van der Waals surface area contributed by atoms with Crippen LogP contribution in [0.1, 0.15) is 28.9 Å². The molecule has 1 aliphatic heterocycles. The molecule has 0 fully saturated rings. The lowest BCUT2D eigenvalue weighted by Crippen LogP contribution is -2.33. The Morgan fingerprint density at radius 3 is 2.56 bits per heavy atom. The highest BCUT2D eigenvalue weighted by Gasteiger charge is 2.33. The van der Waals surface area contributed by atoms with Gasteiger partial charge in [0.05, 0.1) is 0 Å². The number of aliphatic carboxylic acids is 1. The van der Waals surface area contributed by atoms with Gasteiger partial charge in [0, 0.05) is 35.1 Å². The number of phenols is 4. The van der Waals surface area contributed by atoms with Gasteiger partial charge in [-0.25, -0.2) is 0 Å². The van der Waals surface area contributed by atoms with Crippen molar-refractivity contribution in [3.8, 4) is 28.7 Å². The Kier molecular flexibility index (Phi) is 5.24. The minimum absolute atomic E-state index is 0.118. The summed E-state index contributed by atoms with van der Waals surface area (Å²) in [6, 6.07) is 5.81. The first-order chi connectivity index (χ1) is 12.8. The predicted octanol–water partition coefficient (Wildman–Crippen LogP) is 2.22. The molecule has 0 saturated carbocycles. The number of ether oxygens (including phenoxy) is 1. The third-order valence-electron chi connectivity index (χ3n) is 4.29. The number of phenolic OH excluding ortho intramolecular Hbond substituents is 4. The zero-order chi connectivity index (χ0) is 19.7. The fraction of sp³-hybridized carbons (Fsp3) is 0.278. The van der Waals surface area contributed by atoms with Crippen LogP contribution in [0.3, 0.4) is 0 Å². The van der Waals surface area contributed by atoms with Gasteiger partial charge in [-0.2, -0.15) is 11.8 Å². The normalized spacial score (nSPS) is 19.7. The molecule has 0 radical (unpaired) electrons. The Morgan fingerprint density at radius 1 is 1.15 bits per heavy atom. The molecule has 144 valence electrons. The monoisotopic (exact) mass is 393 g/mol. The summed E-state index contributed by atoms with van der Waals surface area (Å²) in [5.41, 5.74) is 6.63. The van der Waals surface area contributed by atoms with Crippen molar-refractivity contribution in [3.63, 3.8) is 0 Å². The number of carboxylic acid groups (broad SMARTS) is 1. The van der Waals surface area contributed by atoms with Crippen molar-refractivity contribution in [2.75, 3.05) is 5.75 Å². The Labute approximate surface area is 158 Å².